The molecule has 2 heterocycles. The Morgan fingerprint density at radius 2 is 2.00 bits per heavy atom. The first kappa shape index (κ1) is 21.4. The highest BCUT2D eigenvalue weighted by molar-refractivity contribution is 5.94. The molecule has 0 spiro atoms. The number of pyridine rings is 2. The van der Waals surface area contributed by atoms with Crippen LogP contribution in [0.4, 0.5) is 8.78 Å². The Hall–Kier alpha value is -2.90. The number of hydrogen-bond acceptors (Lipinski definition) is 5. The van der Waals surface area contributed by atoms with E-state index in [1.807, 2.05) is 6.92 Å². The van der Waals surface area contributed by atoms with E-state index in [1.165, 1.54) is 13.1 Å². The second-order valence-electron chi connectivity index (χ2n) is 6.41. The van der Waals surface area contributed by atoms with Crippen LogP contribution in [-0.4, -0.2) is 34.7 Å². The third-order valence-electron chi connectivity index (χ3n) is 3.86. The molecule has 1 amide bonds. The van der Waals surface area contributed by atoms with E-state index in [9.17, 15) is 18.4 Å². The molecule has 150 valence electrons. The number of aromatic nitrogens is 2. The topological polar surface area (TPSA) is 81.2 Å². The van der Waals surface area contributed by atoms with Crippen molar-refractivity contribution >= 4 is 11.7 Å². The number of Topliss-reactive ketones (excluding diaryl/α,β-unsaturated/α-hetero) is 1. The Morgan fingerprint density at radius 1 is 1.25 bits per heavy atom. The summed E-state index contributed by atoms with van der Waals surface area (Å²) >= 11 is 0. The third-order valence-corrected chi connectivity index (χ3v) is 3.86. The average Bonchev–Trinajstić information content (AvgIpc) is 2.63. The number of rotatable bonds is 9. The van der Waals surface area contributed by atoms with Crippen molar-refractivity contribution in [2.45, 2.75) is 46.6 Å². The summed E-state index contributed by atoms with van der Waals surface area (Å²) in [5, 5.41) is 2.79. The van der Waals surface area contributed by atoms with E-state index in [4.69, 9.17) is 4.74 Å². The van der Waals surface area contributed by atoms with Crippen molar-refractivity contribution < 1.29 is 23.1 Å². The molecule has 0 aliphatic rings. The van der Waals surface area contributed by atoms with Crippen LogP contribution in [0.3, 0.4) is 0 Å². The molecule has 2 aromatic heterocycles. The summed E-state index contributed by atoms with van der Waals surface area (Å²) in [6, 6.07) is 5.02. The minimum atomic E-state index is -2.57. The molecule has 0 saturated carbocycles. The van der Waals surface area contributed by atoms with Gasteiger partial charge in [-0.3, -0.25) is 14.6 Å². The number of amides is 1. The maximum absolute atomic E-state index is 12.5. The van der Waals surface area contributed by atoms with E-state index in [0.29, 0.717) is 28.9 Å². The first-order valence-corrected chi connectivity index (χ1v) is 8.92. The molecule has 0 aromatic carbocycles. The summed E-state index contributed by atoms with van der Waals surface area (Å²) in [5.74, 6) is -0.153. The highest BCUT2D eigenvalue weighted by Gasteiger charge is 2.12. The van der Waals surface area contributed by atoms with Gasteiger partial charge < -0.3 is 10.1 Å². The van der Waals surface area contributed by atoms with Crippen molar-refractivity contribution in [1.29, 1.82) is 0 Å². The summed E-state index contributed by atoms with van der Waals surface area (Å²) in [7, 11) is 0. The molecule has 6 nitrogen and oxygen atoms in total. The van der Waals surface area contributed by atoms with E-state index in [-0.39, 0.29) is 30.5 Å². The fraction of sp³-hybridized carbons (Fsp3) is 0.400. The number of carbonyl (C=O) groups excluding carboxylic acids is 2. The molecule has 2 rings (SSSR count). The Bertz CT molecular complexity index is 857. The maximum Gasteiger partial charge on any atom is 0.272 e. The number of nitrogens with zero attached hydrogens (tertiary/aromatic N) is 2. The standard InChI is InChI=1S/C20H23F2N3O3/c1-4-15-7-14(10-24-20(15)28-11-18(21)22)9-23-19(27)16-5-12(2)25-17(8-16)6-13(3)26/h5,7-8,10,18H,4,6,9,11H2,1-3H3,(H,23,27). The summed E-state index contributed by atoms with van der Waals surface area (Å²) < 4.78 is 29.6. The number of ketones is 1. The molecule has 0 bridgehead atoms. The fourth-order valence-electron chi connectivity index (χ4n) is 2.67. The second-order valence-corrected chi connectivity index (χ2v) is 6.41. The van der Waals surface area contributed by atoms with Gasteiger partial charge in [0, 0.05) is 41.7 Å². The van der Waals surface area contributed by atoms with Gasteiger partial charge in [-0.15, -0.1) is 0 Å². The number of halogens is 2. The van der Waals surface area contributed by atoms with Crippen molar-refractivity contribution in [2.24, 2.45) is 0 Å². The Morgan fingerprint density at radius 3 is 2.64 bits per heavy atom. The Balaban J connectivity index is 2.06. The van der Waals surface area contributed by atoms with Gasteiger partial charge in [0.05, 0.1) is 0 Å². The number of alkyl halides is 2. The Labute approximate surface area is 162 Å². The zero-order chi connectivity index (χ0) is 20.7. The van der Waals surface area contributed by atoms with E-state index in [2.05, 4.69) is 15.3 Å². The highest BCUT2D eigenvalue weighted by atomic mass is 19.3. The van der Waals surface area contributed by atoms with Crippen LogP contribution in [0, 0.1) is 6.92 Å². The molecule has 8 heteroatoms. The highest BCUT2D eigenvalue weighted by Crippen LogP contribution is 2.18. The van der Waals surface area contributed by atoms with Crippen molar-refractivity contribution in [2.75, 3.05) is 6.61 Å². The smallest absolute Gasteiger partial charge is 0.272 e. The number of nitrogens with one attached hydrogen (secondary N) is 1. The van der Waals surface area contributed by atoms with Gasteiger partial charge in [0.15, 0.2) is 6.61 Å². The average molecular weight is 391 g/mol. The van der Waals surface area contributed by atoms with Gasteiger partial charge in [-0.05, 0) is 44.0 Å². The van der Waals surface area contributed by atoms with Crippen LogP contribution in [-0.2, 0) is 24.2 Å². The minimum absolute atomic E-state index is 0.0308. The zero-order valence-corrected chi connectivity index (χ0v) is 16.1. The summed E-state index contributed by atoms with van der Waals surface area (Å²) in [6.07, 6.45) is -0.349. The molecule has 2 aromatic rings. The summed E-state index contributed by atoms with van der Waals surface area (Å²) in [4.78, 5) is 32.1. The van der Waals surface area contributed by atoms with Crippen molar-refractivity contribution in [1.82, 2.24) is 15.3 Å². The molecular formula is C20H23F2N3O3. The number of carbonyl (C=O) groups is 2. The van der Waals surface area contributed by atoms with Crippen LogP contribution in [0.25, 0.3) is 0 Å². The molecular weight excluding hydrogens is 368 g/mol. The number of hydrogen-bond donors (Lipinski definition) is 1. The molecule has 0 saturated heterocycles. The van der Waals surface area contributed by atoms with E-state index in [0.717, 1.165) is 5.56 Å². The van der Waals surface area contributed by atoms with Gasteiger partial charge in [0.2, 0.25) is 5.88 Å². The molecule has 0 radical (unpaired) electrons. The van der Waals surface area contributed by atoms with Gasteiger partial charge in [0.1, 0.15) is 5.78 Å². The van der Waals surface area contributed by atoms with Gasteiger partial charge >= 0.3 is 0 Å². The molecule has 0 aliphatic carbocycles. The molecule has 0 atom stereocenters. The summed E-state index contributed by atoms with van der Waals surface area (Å²) in [6.45, 7) is 4.61. The Kier molecular flexibility index (Phi) is 7.54. The molecule has 28 heavy (non-hydrogen) atoms. The van der Waals surface area contributed by atoms with Crippen LogP contribution in [0.5, 0.6) is 5.88 Å². The van der Waals surface area contributed by atoms with Crippen LogP contribution >= 0.6 is 0 Å². The lowest BCUT2D eigenvalue weighted by molar-refractivity contribution is -0.116. The first-order chi connectivity index (χ1) is 13.3. The van der Waals surface area contributed by atoms with Crippen LogP contribution in [0.1, 0.15) is 46.7 Å². The van der Waals surface area contributed by atoms with Gasteiger partial charge in [-0.1, -0.05) is 6.92 Å². The third kappa shape index (κ3) is 6.37. The number of ether oxygens (including phenoxy) is 1. The van der Waals surface area contributed by atoms with E-state index >= 15 is 0 Å². The van der Waals surface area contributed by atoms with E-state index < -0.39 is 13.0 Å². The van der Waals surface area contributed by atoms with Gasteiger partial charge in [0.25, 0.3) is 12.3 Å². The molecule has 0 fully saturated rings. The SMILES string of the molecule is CCc1cc(CNC(=O)c2cc(C)nc(CC(C)=O)c2)cnc1OCC(F)F. The van der Waals surface area contributed by atoms with E-state index in [1.54, 1.807) is 25.1 Å². The maximum atomic E-state index is 12.5. The molecule has 1 N–H and O–H groups in total. The lowest BCUT2D eigenvalue weighted by atomic mass is 10.1. The molecule has 0 unspecified atom stereocenters. The minimum Gasteiger partial charge on any atom is -0.471 e. The zero-order valence-electron chi connectivity index (χ0n) is 16.1. The largest absolute Gasteiger partial charge is 0.471 e. The monoisotopic (exact) mass is 391 g/mol. The van der Waals surface area contributed by atoms with Gasteiger partial charge in [-0.25, -0.2) is 13.8 Å². The first-order valence-electron chi connectivity index (χ1n) is 8.92. The molecule has 0 aliphatic heterocycles. The number of aryl methyl sites for hydroxylation is 2. The quantitative estimate of drug-likeness (QED) is 0.711. The van der Waals surface area contributed by atoms with Gasteiger partial charge in [-0.2, -0.15) is 0 Å². The normalized spacial score (nSPS) is 10.8. The van der Waals surface area contributed by atoms with Crippen molar-refractivity contribution in [3.05, 3.63) is 52.5 Å². The predicted octanol–water partition coefficient (Wildman–Crippen LogP) is 3.05. The fourth-order valence-corrected chi connectivity index (χ4v) is 2.67. The second kappa shape index (κ2) is 9.87. The lowest BCUT2D eigenvalue weighted by Gasteiger charge is -2.12. The van der Waals surface area contributed by atoms with Crippen molar-refractivity contribution in [3.63, 3.8) is 0 Å². The summed E-state index contributed by atoms with van der Waals surface area (Å²) in [5.41, 5.74) is 3.04. The van der Waals surface area contributed by atoms with Crippen molar-refractivity contribution in [3.8, 4) is 5.88 Å². The predicted molar refractivity (Wildman–Crippen MR) is 99.6 cm³/mol. The van der Waals surface area contributed by atoms with Crippen LogP contribution < -0.4 is 10.1 Å². The lowest BCUT2D eigenvalue weighted by Crippen LogP contribution is -2.23. The van der Waals surface area contributed by atoms with Crippen LogP contribution in [0.15, 0.2) is 24.4 Å². The van der Waals surface area contributed by atoms with Crippen LogP contribution in [0.2, 0.25) is 0 Å².